The molecule has 0 aromatic heterocycles. The minimum Gasteiger partial charge on any atom is -0.369 e. The van der Waals surface area contributed by atoms with Crippen molar-refractivity contribution in [2.45, 2.75) is 13.0 Å². The summed E-state index contributed by atoms with van der Waals surface area (Å²) in [6.07, 6.45) is 0. The van der Waals surface area contributed by atoms with Crippen LogP contribution in [0.25, 0.3) is 10.8 Å². The van der Waals surface area contributed by atoms with Crippen LogP contribution in [0.5, 0.6) is 0 Å². The number of nitrogens with zero attached hydrogens (tertiary/aromatic N) is 2. The number of piperazine rings is 1. The van der Waals surface area contributed by atoms with E-state index in [9.17, 15) is 4.79 Å². The highest BCUT2D eigenvalue weighted by atomic mass is 16.1. The van der Waals surface area contributed by atoms with Gasteiger partial charge in [-0.1, -0.05) is 36.4 Å². The van der Waals surface area contributed by atoms with Crippen LogP contribution in [0.1, 0.15) is 18.5 Å². The zero-order valence-corrected chi connectivity index (χ0v) is 13.0. The summed E-state index contributed by atoms with van der Waals surface area (Å²) in [5.41, 5.74) is 6.62. The van der Waals surface area contributed by atoms with E-state index in [0.29, 0.717) is 12.6 Å². The Labute approximate surface area is 131 Å². The van der Waals surface area contributed by atoms with Gasteiger partial charge in [-0.05, 0) is 29.3 Å². The van der Waals surface area contributed by atoms with Gasteiger partial charge in [-0.15, -0.1) is 0 Å². The van der Waals surface area contributed by atoms with E-state index >= 15 is 0 Å². The number of nitrogens with two attached hydrogens (primary N) is 1. The number of fused-ring (bicyclic) bond motifs is 1. The van der Waals surface area contributed by atoms with Crippen molar-refractivity contribution in [1.29, 1.82) is 0 Å². The molecular weight excluding hydrogens is 274 g/mol. The van der Waals surface area contributed by atoms with E-state index in [0.717, 1.165) is 26.2 Å². The molecular formula is C18H23N3O. The van der Waals surface area contributed by atoms with Crippen LogP contribution in [-0.2, 0) is 4.79 Å². The van der Waals surface area contributed by atoms with Crippen LogP contribution in [0.15, 0.2) is 42.5 Å². The van der Waals surface area contributed by atoms with Crippen LogP contribution >= 0.6 is 0 Å². The van der Waals surface area contributed by atoms with Crippen LogP contribution in [0.3, 0.4) is 0 Å². The number of rotatable bonds is 4. The van der Waals surface area contributed by atoms with Gasteiger partial charge in [0.2, 0.25) is 5.91 Å². The molecule has 0 unspecified atom stereocenters. The van der Waals surface area contributed by atoms with E-state index in [2.05, 4.69) is 59.2 Å². The Balaban J connectivity index is 1.68. The van der Waals surface area contributed by atoms with Crippen molar-refractivity contribution >= 4 is 16.7 Å². The number of hydrogen-bond acceptors (Lipinski definition) is 3. The fourth-order valence-electron chi connectivity index (χ4n) is 3.21. The summed E-state index contributed by atoms with van der Waals surface area (Å²) >= 11 is 0. The van der Waals surface area contributed by atoms with Crippen molar-refractivity contribution < 1.29 is 4.79 Å². The van der Waals surface area contributed by atoms with Crippen molar-refractivity contribution in [1.82, 2.24) is 9.80 Å². The first kappa shape index (κ1) is 15.0. The number of primary amides is 1. The number of amides is 1. The first-order valence-electron chi connectivity index (χ1n) is 7.87. The molecule has 2 aromatic rings. The molecule has 4 heteroatoms. The molecule has 0 bridgehead atoms. The molecule has 0 radical (unpaired) electrons. The third-order valence-electron chi connectivity index (χ3n) is 4.59. The molecule has 116 valence electrons. The summed E-state index contributed by atoms with van der Waals surface area (Å²) in [4.78, 5) is 15.6. The van der Waals surface area contributed by atoms with E-state index < -0.39 is 0 Å². The molecule has 0 saturated carbocycles. The van der Waals surface area contributed by atoms with Crippen LogP contribution in [0.2, 0.25) is 0 Å². The molecule has 22 heavy (non-hydrogen) atoms. The van der Waals surface area contributed by atoms with Gasteiger partial charge in [0.25, 0.3) is 0 Å². The molecule has 1 aliphatic heterocycles. The SMILES string of the molecule is C[C@@H](c1ccc2ccccc2c1)N1CCN(CC(N)=O)CC1. The standard InChI is InChI=1S/C18H23N3O/c1-14(21-10-8-20(9-11-21)13-18(19)22)16-7-6-15-4-2-3-5-17(15)12-16/h2-7,12,14H,8-11,13H2,1H3,(H2,19,22)/t14-/m0/s1. The third-order valence-corrected chi connectivity index (χ3v) is 4.59. The maximum absolute atomic E-state index is 11.0. The molecule has 2 aromatic carbocycles. The minimum absolute atomic E-state index is 0.240. The third kappa shape index (κ3) is 3.29. The first-order valence-corrected chi connectivity index (χ1v) is 7.87. The van der Waals surface area contributed by atoms with Gasteiger partial charge in [-0.25, -0.2) is 0 Å². The van der Waals surface area contributed by atoms with E-state index in [1.54, 1.807) is 0 Å². The fraction of sp³-hybridized carbons (Fsp3) is 0.389. The van der Waals surface area contributed by atoms with Crippen molar-refractivity contribution in [3.8, 4) is 0 Å². The largest absolute Gasteiger partial charge is 0.369 e. The first-order chi connectivity index (χ1) is 10.6. The van der Waals surface area contributed by atoms with Gasteiger partial charge in [-0.2, -0.15) is 0 Å². The van der Waals surface area contributed by atoms with E-state index in [4.69, 9.17) is 5.73 Å². The Kier molecular flexibility index (Phi) is 4.41. The maximum atomic E-state index is 11.0. The molecule has 4 nitrogen and oxygen atoms in total. The summed E-state index contributed by atoms with van der Waals surface area (Å²) < 4.78 is 0. The molecule has 0 aliphatic carbocycles. The predicted octanol–water partition coefficient (Wildman–Crippen LogP) is 2.00. The fourth-order valence-corrected chi connectivity index (χ4v) is 3.21. The molecule has 1 fully saturated rings. The molecule has 1 atom stereocenters. The lowest BCUT2D eigenvalue weighted by Gasteiger charge is -2.37. The Hall–Kier alpha value is -1.91. The highest BCUT2D eigenvalue weighted by molar-refractivity contribution is 5.83. The lowest BCUT2D eigenvalue weighted by molar-refractivity contribution is -0.119. The predicted molar refractivity (Wildman–Crippen MR) is 89.6 cm³/mol. The maximum Gasteiger partial charge on any atom is 0.231 e. The molecule has 1 amide bonds. The lowest BCUT2D eigenvalue weighted by Crippen LogP contribution is -2.49. The topological polar surface area (TPSA) is 49.6 Å². The second kappa shape index (κ2) is 6.46. The average Bonchev–Trinajstić information content (AvgIpc) is 2.54. The quantitative estimate of drug-likeness (QED) is 0.939. The van der Waals surface area contributed by atoms with Crippen molar-refractivity contribution in [3.05, 3.63) is 48.0 Å². The normalized spacial score (nSPS) is 18.4. The smallest absolute Gasteiger partial charge is 0.231 e. The Morgan fingerprint density at radius 3 is 2.45 bits per heavy atom. The number of hydrogen-bond donors (Lipinski definition) is 1. The van der Waals surface area contributed by atoms with Gasteiger partial charge in [0.1, 0.15) is 0 Å². The molecule has 1 saturated heterocycles. The Morgan fingerprint density at radius 1 is 1.09 bits per heavy atom. The molecule has 3 rings (SSSR count). The summed E-state index contributed by atoms with van der Waals surface area (Å²) in [5, 5.41) is 2.57. The second-order valence-electron chi connectivity index (χ2n) is 6.06. The molecule has 1 heterocycles. The lowest BCUT2D eigenvalue weighted by atomic mass is 10.0. The van der Waals surface area contributed by atoms with Crippen molar-refractivity contribution in [2.24, 2.45) is 5.73 Å². The van der Waals surface area contributed by atoms with Gasteiger partial charge < -0.3 is 5.73 Å². The van der Waals surface area contributed by atoms with E-state index in [-0.39, 0.29) is 5.91 Å². The van der Waals surface area contributed by atoms with Gasteiger partial charge in [0, 0.05) is 32.2 Å². The van der Waals surface area contributed by atoms with Crippen LogP contribution in [0, 0.1) is 0 Å². The van der Waals surface area contributed by atoms with Gasteiger partial charge in [-0.3, -0.25) is 14.6 Å². The highest BCUT2D eigenvalue weighted by Crippen LogP contribution is 2.25. The molecule has 2 N–H and O–H groups in total. The number of benzene rings is 2. The average molecular weight is 297 g/mol. The van der Waals surface area contributed by atoms with Gasteiger partial charge in [0.05, 0.1) is 6.54 Å². The van der Waals surface area contributed by atoms with Gasteiger partial charge >= 0.3 is 0 Å². The highest BCUT2D eigenvalue weighted by Gasteiger charge is 2.22. The zero-order valence-electron chi connectivity index (χ0n) is 13.0. The summed E-state index contributed by atoms with van der Waals surface area (Å²) in [7, 11) is 0. The van der Waals surface area contributed by atoms with Crippen LogP contribution < -0.4 is 5.73 Å². The van der Waals surface area contributed by atoms with Crippen LogP contribution in [-0.4, -0.2) is 48.4 Å². The zero-order chi connectivity index (χ0) is 15.5. The minimum atomic E-state index is -0.240. The number of carbonyl (C=O) groups is 1. The van der Waals surface area contributed by atoms with Gasteiger partial charge in [0.15, 0.2) is 0 Å². The number of carbonyl (C=O) groups excluding carboxylic acids is 1. The van der Waals surface area contributed by atoms with Crippen molar-refractivity contribution in [2.75, 3.05) is 32.7 Å². The summed E-state index contributed by atoms with van der Waals surface area (Å²) in [5.74, 6) is -0.240. The summed E-state index contributed by atoms with van der Waals surface area (Å²) in [6, 6.07) is 15.6. The van der Waals surface area contributed by atoms with E-state index in [1.807, 2.05) is 0 Å². The molecule has 0 spiro atoms. The monoisotopic (exact) mass is 297 g/mol. The van der Waals surface area contributed by atoms with E-state index in [1.165, 1.54) is 16.3 Å². The summed E-state index contributed by atoms with van der Waals surface area (Å²) in [6.45, 7) is 6.39. The Morgan fingerprint density at radius 2 is 1.77 bits per heavy atom. The van der Waals surface area contributed by atoms with Crippen molar-refractivity contribution in [3.63, 3.8) is 0 Å². The molecule has 1 aliphatic rings. The Bertz CT molecular complexity index is 662. The second-order valence-corrected chi connectivity index (χ2v) is 6.06. The van der Waals surface area contributed by atoms with Crippen LogP contribution in [0.4, 0.5) is 0 Å².